The van der Waals surface area contributed by atoms with Crippen LogP contribution in [0.25, 0.3) is 10.4 Å². The third-order valence-corrected chi connectivity index (χ3v) is 0.927. The summed E-state index contributed by atoms with van der Waals surface area (Å²) in [6.07, 6.45) is 1.42. The van der Waals surface area contributed by atoms with E-state index in [1.54, 1.807) is 0 Å². The molecule has 6 heteroatoms. The first-order valence-corrected chi connectivity index (χ1v) is 2.71. The lowest BCUT2D eigenvalue weighted by Gasteiger charge is -1.87. The lowest BCUT2D eigenvalue weighted by molar-refractivity contribution is 0.0994. The molecule has 1 aromatic heterocycles. The van der Waals surface area contributed by atoms with Crippen LogP contribution in [0.15, 0.2) is 23.4 Å². The molecule has 0 aliphatic heterocycles. The van der Waals surface area contributed by atoms with Gasteiger partial charge in [0.2, 0.25) is 0 Å². The van der Waals surface area contributed by atoms with Gasteiger partial charge in [-0.05, 0) is 22.8 Å². The summed E-state index contributed by atoms with van der Waals surface area (Å²) in [4.78, 5) is 13.0. The third-order valence-electron chi connectivity index (χ3n) is 0.927. The van der Waals surface area contributed by atoms with E-state index in [1.807, 2.05) is 0 Å². The fourth-order valence-electron chi connectivity index (χ4n) is 0.507. The van der Waals surface area contributed by atoms with Gasteiger partial charge in [-0.25, -0.2) is 0 Å². The van der Waals surface area contributed by atoms with Crippen LogP contribution in [0.1, 0.15) is 10.5 Å². The summed E-state index contributed by atoms with van der Waals surface area (Å²) >= 11 is 0. The van der Waals surface area contributed by atoms with Gasteiger partial charge in [0.15, 0.2) is 0 Å². The Kier molecular flexibility index (Phi) is 2.14. The van der Waals surface area contributed by atoms with Crippen molar-refractivity contribution in [2.45, 2.75) is 0 Å². The van der Waals surface area contributed by atoms with Gasteiger partial charge in [-0.15, -0.1) is 5.10 Å². The first-order chi connectivity index (χ1) is 5.34. The molecule has 0 aliphatic carbocycles. The second kappa shape index (κ2) is 3.28. The van der Waals surface area contributed by atoms with Gasteiger partial charge in [0, 0.05) is 11.1 Å². The van der Waals surface area contributed by atoms with E-state index in [-0.39, 0.29) is 5.69 Å². The minimum absolute atomic E-state index is 0.0466. The predicted octanol–water partition coefficient (Wildman–Crippen LogP) is 0.927. The van der Waals surface area contributed by atoms with Crippen molar-refractivity contribution in [1.82, 2.24) is 10.2 Å². The normalized spacial score (nSPS) is 8.36. The number of carbonyl (C=O) groups excluding carboxylic acids is 1. The second-order valence-corrected chi connectivity index (χ2v) is 1.60. The van der Waals surface area contributed by atoms with Crippen LogP contribution >= 0.6 is 0 Å². The van der Waals surface area contributed by atoms with E-state index in [2.05, 4.69) is 20.2 Å². The standard InChI is InChI=1S/C5H3N5O/c6-10-9-5(11)4-2-1-3-7-8-4/h1-3H. The zero-order valence-electron chi connectivity index (χ0n) is 5.38. The van der Waals surface area contributed by atoms with Crippen LogP contribution < -0.4 is 0 Å². The van der Waals surface area contributed by atoms with Crippen LogP contribution in [0.2, 0.25) is 0 Å². The molecule has 0 radical (unpaired) electrons. The molecule has 0 spiro atoms. The third kappa shape index (κ3) is 1.74. The molecular formula is C5H3N5O. The van der Waals surface area contributed by atoms with E-state index >= 15 is 0 Å². The second-order valence-electron chi connectivity index (χ2n) is 1.60. The highest BCUT2D eigenvalue weighted by Crippen LogP contribution is 1.93. The van der Waals surface area contributed by atoms with Crippen molar-refractivity contribution in [3.05, 3.63) is 34.5 Å². The number of aromatic nitrogens is 2. The number of amides is 1. The van der Waals surface area contributed by atoms with Crippen molar-refractivity contribution in [2.75, 3.05) is 0 Å². The Balaban J connectivity index is 2.94. The first-order valence-electron chi connectivity index (χ1n) is 2.71. The van der Waals surface area contributed by atoms with Gasteiger partial charge >= 0.3 is 0 Å². The van der Waals surface area contributed by atoms with Crippen LogP contribution in [-0.4, -0.2) is 16.1 Å². The van der Waals surface area contributed by atoms with E-state index in [0.29, 0.717) is 0 Å². The molecule has 0 aliphatic rings. The number of rotatable bonds is 1. The van der Waals surface area contributed by atoms with E-state index in [1.165, 1.54) is 18.3 Å². The summed E-state index contributed by atoms with van der Waals surface area (Å²) in [7, 11) is 0. The van der Waals surface area contributed by atoms with Gasteiger partial charge in [0.05, 0.1) is 0 Å². The van der Waals surface area contributed by atoms with E-state index in [9.17, 15) is 4.79 Å². The lowest BCUT2D eigenvalue weighted by Crippen LogP contribution is -1.97. The summed E-state index contributed by atoms with van der Waals surface area (Å²) in [5, 5.41) is 9.70. The largest absolute Gasteiger partial charge is 0.285 e. The molecule has 54 valence electrons. The molecule has 0 atom stereocenters. The van der Waals surface area contributed by atoms with Gasteiger partial charge in [0.25, 0.3) is 5.91 Å². The highest BCUT2D eigenvalue weighted by molar-refractivity contribution is 5.92. The number of nitrogens with zero attached hydrogens (tertiary/aromatic N) is 5. The summed E-state index contributed by atoms with van der Waals surface area (Å²) in [6.45, 7) is 0. The number of hydrogen-bond donors (Lipinski definition) is 0. The fourth-order valence-corrected chi connectivity index (χ4v) is 0.507. The number of hydrogen-bond acceptors (Lipinski definition) is 3. The Morgan fingerprint density at radius 3 is 3.09 bits per heavy atom. The van der Waals surface area contributed by atoms with Crippen LogP contribution in [0.3, 0.4) is 0 Å². The van der Waals surface area contributed by atoms with Crippen molar-refractivity contribution < 1.29 is 4.79 Å². The first kappa shape index (κ1) is 7.17. The summed E-state index contributed by atoms with van der Waals surface area (Å²) in [5.41, 5.74) is 7.93. The Morgan fingerprint density at radius 2 is 2.55 bits per heavy atom. The average Bonchev–Trinajstić information content (AvgIpc) is 2.07. The molecular weight excluding hydrogens is 146 g/mol. The summed E-state index contributed by atoms with van der Waals surface area (Å²) in [6, 6.07) is 2.96. The molecule has 6 nitrogen and oxygen atoms in total. The molecule has 1 amide bonds. The van der Waals surface area contributed by atoms with Crippen LogP contribution in [0, 0.1) is 0 Å². The van der Waals surface area contributed by atoms with Gasteiger partial charge in [-0.3, -0.25) is 4.79 Å². The predicted molar refractivity (Wildman–Crippen MR) is 35.5 cm³/mol. The van der Waals surface area contributed by atoms with Crippen molar-refractivity contribution in [2.24, 2.45) is 5.11 Å². The minimum atomic E-state index is -0.722. The quantitative estimate of drug-likeness (QED) is 0.337. The molecule has 1 rings (SSSR count). The molecule has 0 fully saturated rings. The molecule has 0 saturated heterocycles. The van der Waals surface area contributed by atoms with Crippen molar-refractivity contribution in [3.8, 4) is 0 Å². The molecule has 0 unspecified atom stereocenters. The lowest BCUT2D eigenvalue weighted by atomic mass is 10.4. The SMILES string of the molecule is [N-]=[N+]=NC(=O)c1cccnn1. The van der Waals surface area contributed by atoms with Crippen LogP contribution in [0.5, 0.6) is 0 Å². The highest BCUT2D eigenvalue weighted by Gasteiger charge is 2.01. The van der Waals surface area contributed by atoms with Crippen molar-refractivity contribution >= 4 is 5.91 Å². The van der Waals surface area contributed by atoms with Crippen LogP contribution in [-0.2, 0) is 0 Å². The molecule has 1 aromatic rings. The Hall–Kier alpha value is -1.94. The van der Waals surface area contributed by atoms with Crippen molar-refractivity contribution in [3.63, 3.8) is 0 Å². The summed E-state index contributed by atoms with van der Waals surface area (Å²) in [5.74, 6) is -0.722. The van der Waals surface area contributed by atoms with E-state index in [4.69, 9.17) is 5.53 Å². The van der Waals surface area contributed by atoms with E-state index < -0.39 is 5.91 Å². The Labute approximate surface area is 61.5 Å². The van der Waals surface area contributed by atoms with Crippen molar-refractivity contribution in [1.29, 1.82) is 0 Å². The molecule has 0 N–H and O–H groups in total. The highest BCUT2D eigenvalue weighted by atomic mass is 16.1. The van der Waals surface area contributed by atoms with Gasteiger partial charge < -0.3 is 0 Å². The monoisotopic (exact) mass is 149 g/mol. The topological polar surface area (TPSA) is 91.6 Å². The van der Waals surface area contributed by atoms with Gasteiger partial charge in [0.1, 0.15) is 5.69 Å². The zero-order chi connectivity index (χ0) is 8.10. The molecule has 0 bridgehead atoms. The maximum Gasteiger partial charge on any atom is 0.269 e. The number of carbonyl (C=O) groups is 1. The smallest absolute Gasteiger partial charge is 0.269 e. The Bertz CT molecular complexity index is 302. The Morgan fingerprint density at radius 1 is 1.73 bits per heavy atom. The van der Waals surface area contributed by atoms with E-state index in [0.717, 1.165) is 0 Å². The number of azide groups is 1. The zero-order valence-corrected chi connectivity index (χ0v) is 5.38. The molecule has 1 heterocycles. The molecule has 0 aromatic carbocycles. The van der Waals surface area contributed by atoms with Crippen LogP contribution in [0.4, 0.5) is 0 Å². The maximum atomic E-state index is 10.7. The molecule has 0 saturated carbocycles. The minimum Gasteiger partial charge on any atom is -0.285 e. The van der Waals surface area contributed by atoms with Gasteiger partial charge in [-0.2, -0.15) is 5.10 Å². The fraction of sp³-hybridized carbons (Fsp3) is 0. The molecule has 11 heavy (non-hydrogen) atoms. The average molecular weight is 149 g/mol. The maximum absolute atomic E-state index is 10.7. The van der Waals surface area contributed by atoms with Gasteiger partial charge in [-0.1, -0.05) is 0 Å². The summed E-state index contributed by atoms with van der Waals surface area (Å²) < 4.78 is 0.